The predicted octanol–water partition coefficient (Wildman–Crippen LogP) is 4.73. The molecule has 2 aromatic heterocycles. The number of para-hydroxylation sites is 1. The summed E-state index contributed by atoms with van der Waals surface area (Å²) in [7, 11) is 0. The first-order chi connectivity index (χ1) is 15.7. The van der Waals surface area contributed by atoms with Crippen molar-refractivity contribution < 1.29 is 4.79 Å². The Morgan fingerprint density at radius 1 is 1.00 bits per heavy atom. The third-order valence-corrected chi connectivity index (χ3v) is 6.29. The highest BCUT2D eigenvalue weighted by molar-refractivity contribution is 6.33. The first-order valence-electron chi connectivity index (χ1n) is 10.9. The Labute approximate surface area is 192 Å². The molecule has 0 radical (unpaired) electrons. The van der Waals surface area contributed by atoms with Gasteiger partial charge in [-0.2, -0.15) is 5.10 Å². The second-order valence-corrected chi connectivity index (χ2v) is 8.26. The van der Waals surface area contributed by atoms with Crippen molar-refractivity contribution in [3.63, 3.8) is 0 Å². The van der Waals surface area contributed by atoms with Gasteiger partial charge in [0.15, 0.2) is 5.65 Å². The summed E-state index contributed by atoms with van der Waals surface area (Å²) in [6.45, 7) is 5.47. The fourth-order valence-corrected chi connectivity index (χ4v) is 4.50. The van der Waals surface area contributed by atoms with Crippen LogP contribution in [0.4, 0.5) is 5.69 Å². The number of hydrogen-bond acceptors (Lipinski definition) is 4. The lowest BCUT2D eigenvalue weighted by atomic mass is 10.1. The zero-order chi connectivity index (χ0) is 22.1. The number of fused-ring (bicyclic) bond motifs is 1. The molecule has 5 rings (SSSR count). The van der Waals surface area contributed by atoms with Crippen molar-refractivity contribution in [2.24, 2.45) is 0 Å². The summed E-state index contributed by atoms with van der Waals surface area (Å²) in [5, 5.41) is 5.99. The quantitative estimate of drug-likeness (QED) is 0.455. The van der Waals surface area contributed by atoms with Gasteiger partial charge in [0.25, 0.3) is 5.91 Å². The molecular formula is C25H24ClN5O. The number of benzene rings is 2. The van der Waals surface area contributed by atoms with Crippen molar-refractivity contribution in [1.29, 1.82) is 0 Å². The highest BCUT2D eigenvalue weighted by atomic mass is 35.5. The van der Waals surface area contributed by atoms with Crippen LogP contribution in [0.15, 0.2) is 66.9 Å². The molecule has 4 aromatic rings. The van der Waals surface area contributed by atoms with Crippen molar-refractivity contribution in [3.8, 4) is 11.3 Å². The molecule has 1 aliphatic heterocycles. The van der Waals surface area contributed by atoms with Gasteiger partial charge in [0.05, 0.1) is 33.6 Å². The number of aromatic nitrogens is 3. The number of aryl methyl sites for hydroxylation is 1. The van der Waals surface area contributed by atoms with Crippen LogP contribution in [0.25, 0.3) is 22.3 Å². The Morgan fingerprint density at radius 2 is 1.72 bits per heavy atom. The maximum Gasteiger partial charge on any atom is 0.254 e. The Hall–Kier alpha value is -3.38. The molecule has 1 fully saturated rings. The molecular weight excluding hydrogens is 422 g/mol. The third-order valence-electron chi connectivity index (χ3n) is 5.97. The van der Waals surface area contributed by atoms with Gasteiger partial charge in [-0.1, -0.05) is 54.1 Å². The van der Waals surface area contributed by atoms with Crippen LogP contribution in [-0.4, -0.2) is 51.8 Å². The van der Waals surface area contributed by atoms with Gasteiger partial charge in [0, 0.05) is 38.3 Å². The summed E-state index contributed by atoms with van der Waals surface area (Å²) >= 11 is 6.37. The van der Waals surface area contributed by atoms with E-state index < -0.39 is 0 Å². The molecule has 0 N–H and O–H groups in total. The van der Waals surface area contributed by atoms with E-state index in [0.717, 1.165) is 46.1 Å². The Bertz CT molecular complexity index is 1260. The largest absolute Gasteiger partial charge is 0.367 e. The molecule has 1 saturated heterocycles. The van der Waals surface area contributed by atoms with E-state index in [9.17, 15) is 4.79 Å². The summed E-state index contributed by atoms with van der Waals surface area (Å²) in [5.41, 5.74) is 4.18. The normalized spacial score (nSPS) is 14.2. The van der Waals surface area contributed by atoms with Crippen molar-refractivity contribution in [2.45, 2.75) is 13.5 Å². The van der Waals surface area contributed by atoms with Crippen molar-refractivity contribution in [1.82, 2.24) is 19.7 Å². The number of piperazine rings is 1. The minimum Gasteiger partial charge on any atom is -0.367 e. The van der Waals surface area contributed by atoms with Gasteiger partial charge in [0.1, 0.15) is 0 Å². The van der Waals surface area contributed by atoms with Crippen LogP contribution in [0.1, 0.15) is 17.3 Å². The summed E-state index contributed by atoms with van der Waals surface area (Å²) in [6.07, 6.45) is 1.76. The smallest absolute Gasteiger partial charge is 0.254 e. The van der Waals surface area contributed by atoms with E-state index in [4.69, 9.17) is 16.6 Å². The molecule has 0 atom stereocenters. The highest BCUT2D eigenvalue weighted by Gasteiger charge is 2.26. The fraction of sp³-hybridized carbons (Fsp3) is 0.240. The van der Waals surface area contributed by atoms with Crippen LogP contribution in [0, 0.1) is 0 Å². The average Bonchev–Trinajstić information content (AvgIpc) is 3.27. The van der Waals surface area contributed by atoms with E-state index in [1.54, 1.807) is 6.20 Å². The second-order valence-electron chi connectivity index (χ2n) is 7.85. The van der Waals surface area contributed by atoms with Crippen molar-refractivity contribution in [3.05, 3.63) is 77.4 Å². The van der Waals surface area contributed by atoms with E-state index >= 15 is 0 Å². The minimum absolute atomic E-state index is 0.0176. The second kappa shape index (κ2) is 8.63. The van der Waals surface area contributed by atoms with E-state index in [0.29, 0.717) is 25.2 Å². The highest BCUT2D eigenvalue weighted by Crippen LogP contribution is 2.28. The molecule has 7 heteroatoms. The lowest BCUT2D eigenvalue weighted by Gasteiger charge is -2.36. The van der Waals surface area contributed by atoms with Crippen LogP contribution in [-0.2, 0) is 6.54 Å². The molecule has 0 bridgehead atoms. The van der Waals surface area contributed by atoms with Crippen LogP contribution in [0.5, 0.6) is 0 Å². The maximum absolute atomic E-state index is 13.6. The van der Waals surface area contributed by atoms with Crippen LogP contribution in [0.2, 0.25) is 5.02 Å². The van der Waals surface area contributed by atoms with Gasteiger partial charge in [-0.15, -0.1) is 0 Å². The standard InChI is InChI=1S/C25H24ClN5O/c1-2-31-24-20(17-27-31)19(16-22(28-24)18-8-4-3-5-9-18)25(32)30-14-12-29(13-15-30)23-11-7-6-10-21(23)26/h3-11,16-17H,2,12-15H2,1H3. The van der Waals surface area contributed by atoms with Gasteiger partial charge in [-0.3, -0.25) is 4.79 Å². The Kier molecular flexibility index (Phi) is 5.53. The van der Waals surface area contributed by atoms with Crippen molar-refractivity contribution >= 4 is 34.2 Å². The number of hydrogen-bond donors (Lipinski definition) is 0. The molecule has 0 saturated carbocycles. The molecule has 1 aliphatic rings. The number of nitrogens with zero attached hydrogens (tertiary/aromatic N) is 5. The summed E-state index contributed by atoms with van der Waals surface area (Å²) in [5.74, 6) is 0.0176. The van der Waals surface area contributed by atoms with Gasteiger partial charge in [-0.05, 0) is 25.1 Å². The topological polar surface area (TPSA) is 54.3 Å². The lowest BCUT2D eigenvalue weighted by Crippen LogP contribution is -2.49. The van der Waals surface area contributed by atoms with E-state index in [1.165, 1.54) is 0 Å². The number of halogens is 1. The molecule has 1 amide bonds. The molecule has 0 unspecified atom stereocenters. The number of pyridine rings is 1. The summed E-state index contributed by atoms with van der Waals surface area (Å²) < 4.78 is 1.84. The number of amides is 1. The first-order valence-corrected chi connectivity index (χ1v) is 11.2. The predicted molar refractivity (Wildman–Crippen MR) is 128 cm³/mol. The molecule has 162 valence electrons. The maximum atomic E-state index is 13.6. The molecule has 0 spiro atoms. The lowest BCUT2D eigenvalue weighted by molar-refractivity contribution is 0.0748. The number of carbonyl (C=O) groups excluding carboxylic acids is 1. The third kappa shape index (κ3) is 3.71. The first kappa shape index (κ1) is 20.5. The van der Waals surface area contributed by atoms with Crippen molar-refractivity contribution in [2.75, 3.05) is 31.1 Å². The molecule has 6 nitrogen and oxygen atoms in total. The molecule has 32 heavy (non-hydrogen) atoms. The Morgan fingerprint density at radius 3 is 2.44 bits per heavy atom. The van der Waals surface area contributed by atoms with E-state index in [1.807, 2.05) is 77.2 Å². The average molecular weight is 446 g/mol. The van der Waals surface area contributed by atoms with Crippen LogP contribution in [0.3, 0.4) is 0 Å². The monoisotopic (exact) mass is 445 g/mol. The SMILES string of the molecule is CCn1ncc2c(C(=O)N3CCN(c4ccccc4Cl)CC3)cc(-c3ccccc3)nc21. The van der Waals surface area contributed by atoms with Crippen LogP contribution >= 0.6 is 11.6 Å². The van der Waals surface area contributed by atoms with E-state index in [2.05, 4.69) is 10.00 Å². The molecule has 3 heterocycles. The summed E-state index contributed by atoms with van der Waals surface area (Å²) in [4.78, 5) is 22.6. The fourth-order valence-electron chi connectivity index (χ4n) is 4.24. The number of rotatable bonds is 4. The van der Waals surface area contributed by atoms with Gasteiger partial charge >= 0.3 is 0 Å². The van der Waals surface area contributed by atoms with Gasteiger partial charge in [-0.25, -0.2) is 9.67 Å². The van der Waals surface area contributed by atoms with E-state index in [-0.39, 0.29) is 5.91 Å². The zero-order valence-electron chi connectivity index (χ0n) is 17.9. The van der Waals surface area contributed by atoms with Gasteiger partial charge < -0.3 is 9.80 Å². The number of anilines is 1. The molecule has 0 aliphatic carbocycles. The Balaban J connectivity index is 1.46. The number of carbonyl (C=O) groups is 1. The minimum atomic E-state index is 0.0176. The van der Waals surface area contributed by atoms with Gasteiger partial charge in [0.2, 0.25) is 0 Å². The zero-order valence-corrected chi connectivity index (χ0v) is 18.7. The summed E-state index contributed by atoms with van der Waals surface area (Å²) in [6, 6.07) is 19.7. The molecule has 2 aromatic carbocycles. The van der Waals surface area contributed by atoms with Crippen LogP contribution < -0.4 is 4.90 Å².